The lowest BCUT2D eigenvalue weighted by atomic mass is 10.1. The minimum absolute atomic E-state index is 0.0746. The van der Waals surface area contributed by atoms with E-state index in [2.05, 4.69) is 5.32 Å². The molecule has 0 bridgehead atoms. The van der Waals surface area contributed by atoms with Gasteiger partial charge in [0.05, 0.1) is 0 Å². The van der Waals surface area contributed by atoms with Crippen LogP contribution in [0, 0.1) is 5.21 Å². The fourth-order valence-corrected chi connectivity index (χ4v) is 1.61. The first-order chi connectivity index (χ1) is 7.05. The van der Waals surface area contributed by atoms with Crippen LogP contribution in [0.15, 0.2) is 18.2 Å². The summed E-state index contributed by atoms with van der Waals surface area (Å²) in [6.07, 6.45) is 0.751. The zero-order chi connectivity index (χ0) is 11.1. The summed E-state index contributed by atoms with van der Waals surface area (Å²) in [5.74, 6) is -0.796. The molecule has 2 rings (SSSR count). The lowest BCUT2D eigenvalue weighted by molar-refractivity contribution is -0.150. The minimum atomic E-state index is -1.91. The van der Waals surface area contributed by atoms with Gasteiger partial charge in [0, 0.05) is 6.07 Å². The smallest absolute Gasteiger partial charge is 0.370 e. The van der Waals surface area contributed by atoms with Crippen LogP contribution >= 0.6 is 0 Å². The van der Waals surface area contributed by atoms with E-state index in [1.165, 1.54) is 0 Å². The molecule has 0 fully saturated rings. The number of hydroxylamine groups is 2. The minimum Gasteiger partial charge on any atom is -0.586 e. The molecule has 1 aromatic carbocycles. The van der Waals surface area contributed by atoms with Crippen molar-refractivity contribution in [1.82, 2.24) is 4.81 Å². The van der Waals surface area contributed by atoms with Gasteiger partial charge in [-0.2, -0.15) is 0 Å². The number of fused-ring (bicyclic) bond motifs is 1. The number of hydrogen-bond donors (Lipinski definition) is 2. The van der Waals surface area contributed by atoms with Gasteiger partial charge in [0.25, 0.3) is 0 Å². The number of aryl methyl sites for hydroxylation is 1. The molecule has 1 atom stereocenters. The Morgan fingerprint density at radius 2 is 2.33 bits per heavy atom. The summed E-state index contributed by atoms with van der Waals surface area (Å²) >= 11 is 0. The van der Waals surface area contributed by atoms with Crippen molar-refractivity contribution in [3.05, 3.63) is 29.0 Å². The average molecular weight is 208 g/mol. The van der Waals surface area contributed by atoms with Crippen molar-refractivity contribution in [1.29, 1.82) is 0 Å². The molecule has 1 heterocycles. The summed E-state index contributed by atoms with van der Waals surface area (Å²) in [7, 11) is 0. The zero-order valence-electron chi connectivity index (χ0n) is 8.36. The molecular formula is C10H12N2O3. The number of carbonyl (C=O) groups is 1. The van der Waals surface area contributed by atoms with Gasteiger partial charge in [0.1, 0.15) is 12.2 Å². The molecule has 0 saturated heterocycles. The maximum atomic E-state index is 11.6. The molecule has 5 heteroatoms. The van der Waals surface area contributed by atoms with Crippen LogP contribution < -0.4 is 10.1 Å². The van der Waals surface area contributed by atoms with Crippen LogP contribution in [0.4, 0.5) is 11.4 Å². The number of quaternary nitrogens is 1. The van der Waals surface area contributed by atoms with Crippen LogP contribution in [0.3, 0.4) is 0 Å². The van der Waals surface area contributed by atoms with E-state index in [0.29, 0.717) is 5.69 Å². The van der Waals surface area contributed by atoms with Gasteiger partial charge in [0.2, 0.25) is 0 Å². The maximum Gasteiger partial charge on any atom is 0.370 e. The summed E-state index contributed by atoms with van der Waals surface area (Å²) in [5, 5.41) is 23.9. The lowest BCUT2D eigenvalue weighted by Crippen LogP contribution is -2.51. The van der Waals surface area contributed by atoms with E-state index in [-0.39, 0.29) is 12.2 Å². The summed E-state index contributed by atoms with van der Waals surface area (Å²) in [6.45, 7) is 1.80. The van der Waals surface area contributed by atoms with Crippen LogP contribution in [-0.4, -0.2) is 17.7 Å². The summed E-state index contributed by atoms with van der Waals surface area (Å²) in [6, 6.07) is 5.13. The number of amides is 1. The molecule has 80 valence electrons. The Morgan fingerprint density at radius 3 is 3.00 bits per heavy atom. The predicted molar refractivity (Wildman–Crippen MR) is 56.3 cm³/mol. The van der Waals surface area contributed by atoms with Crippen molar-refractivity contribution < 1.29 is 10.0 Å². The molecule has 1 amide bonds. The third kappa shape index (κ3) is 1.50. The fourth-order valence-electron chi connectivity index (χ4n) is 1.61. The summed E-state index contributed by atoms with van der Waals surface area (Å²) < 4.78 is 0. The zero-order valence-corrected chi connectivity index (χ0v) is 8.36. The van der Waals surface area contributed by atoms with E-state index in [4.69, 9.17) is 0 Å². The molecule has 0 radical (unpaired) electrons. The highest BCUT2D eigenvalue weighted by atomic mass is 16.8. The molecule has 1 aromatic rings. The van der Waals surface area contributed by atoms with Gasteiger partial charge in [-0.15, -0.1) is 4.81 Å². The van der Waals surface area contributed by atoms with Gasteiger partial charge >= 0.3 is 5.91 Å². The molecule has 1 aliphatic rings. The van der Waals surface area contributed by atoms with E-state index in [9.17, 15) is 15.2 Å². The van der Waals surface area contributed by atoms with Crippen LogP contribution in [0.2, 0.25) is 0 Å². The van der Waals surface area contributed by atoms with E-state index >= 15 is 0 Å². The second-order valence-electron chi connectivity index (χ2n) is 3.53. The van der Waals surface area contributed by atoms with E-state index in [1.807, 2.05) is 13.0 Å². The second-order valence-corrected chi connectivity index (χ2v) is 3.53. The van der Waals surface area contributed by atoms with Gasteiger partial charge in [-0.1, -0.05) is 13.0 Å². The van der Waals surface area contributed by atoms with Crippen LogP contribution in [0.25, 0.3) is 0 Å². The van der Waals surface area contributed by atoms with Crippen LogP contribution in [0.1, 0.15) is 12.5 Å². The number of nitrogens with one attached hydrogen (secondary N) is 1. The highest BCUT2D eigenvalue weighted by Gasteiger charge is 2.36. The van der Waals surface area contributed by atoms with E-state index in [1.54, 1.807) is 12.1 Å². The first kappa shape index (κ1) is 10.1. The average Bonchev–Trinajstić information content (AvgIpc) is 2.24. The van der Waals surface area contributed by atoms with E-state index in [0.717, 1.165) is 12.0 Å². The lowest BCUT2D eigenvalue weighted by Gasteiger charge is -2.35. The van der Waals surface area contributed by atoms with Gasteiger partial charge in [-0.05, 0) is 18.1 Å². The van der Waals surface area contributed by atoms with Gasteiger partial charge in [-0.25, -0.2) is 10.0 Å². The van der Waals surface area contributed by atoms with Crippen molar-refractivity contribution in [3.63, 3.8) is 0 Å². The first-order valence-electron chi connectivity index (χ1n) is 4.79. The van der Waals surface area contributed by atoms with Gasteiger partial charge in [0.15, 0.2) is 5.69 Å². The van der Waals surface area contributed by atoms with Crippen molar-refractivity contribution in [2.75, 3.05) is 11.9 Å². The summed E-state index contributed by atoms with van der Waals surface area (Å²) in [5.41, 5.74) is 1.51. The molecule has 5 nitrogen and oxygen atoms in total. The molecule has 0 saturated carbocycles. The Hall–Kier alpha value is -1.43. The topological polar surface area (TPSA) is 72.4 Å². The van der Waals surface area contributed by atoms with Crippen molar-refractivity contribution in [3.8, 4) is 0 Å². The number of carbonyl (C=O) groups excluding carboxylic acids is 1. The highest BCUT2D eigenvalue weighted by molar-refractivity contribution is 5.97. The SMILES string of the molecule is CCc1ccc2c(c1)[N+]([O-])(O)C(=O)CN2. The Kier molecular flexibility index (Phi) is 2.22. The Morgan fingerprint density at radius 1 is 1.60 bits per heavy atom. The Labute approximate surface area is 87.1 Å². The molecule has 0 spiro atoms. The van der Waals surface area contributed by atoms with Crippen LogP contribution in [-0.2, 0) is 11.2 Å². The second kappa shape index (κ2) is 3.30. The number of hydrogen-bond acceptors (Lipinski definition) is 4. The number of nitrogens with zero attached hydrogens (tertiary/aromatic N) is 1. The normalized spacial score (nSPS) is 24.6. The molecule has 0 aliphatic carbocycles. The predicted octanol–water partition coefficient (Wildman–Crippen LogP) is 1.40. The molecule has 2 N–H and O–H groups in total. The van der Waals surface area contributed by atoms with Crippen molar-refractivity contribution >= 4 is 17.3 Å². The molecule has 1 aliphatic heterocycles. The van der Waals surface area contributed by atoms with Crippen LogP contribution in [0.5, 0.6) is 0 Å². The molecular weight excluding hydrogens is 196 g/mol. The monoisotopic (exact) mass is 208 g/mol. The quantitative estimate of drug-likeness (QED) is 0.415. The third-order valence-corrected chi connectivity index (χ3v) is 2.57. The van der Waals surface area contributed by atoms with Gasteiger partial charge in [-0.3, -0.25) is 0 Å². The fraction of sp³-hybridized carbons (Fsp3) is 0.300. The standard InChI is InChI=1S/C10H12N2O3/c1-2-7-3-4-8-9(5-7)12(14,15)10(13)6-11-8/h3-5,11,14H,2,6H2,1H3. The number of anilines is 1. The van der Waals surface area contributed by atoms with Crippen molar-refractivity contribution in [2.24, 2.45) is 0 Å². The molecule has 0 aromatic heterocycles. The maximum absolute atomic E-state index is 11.6. The Balaban J connectivity index is 2.56. The highest BCUT2D eigenvalue weighted by Crippen LogP contribution is 2.34. The third-order valence-electron chi connectivity index (χ3n) is 2.57. The number of rotatable bonds is 1. The number of benzene rings is 1. The first-order valence-corrected chi connectivity index (χ1v) is 4.79. The Bertz CT molecular complexity index is 415. The van der Waals surface area contributed by atoms with Gasteiger partial charge < -0.3 is 10.5 Å². The summed E-state index contributed by atoms with van der Waals surface area (Å²) in [4.78, 5) is 9.32. The largest absolute Gasteiger partial charge is 0.586 e. The molecule has 1 unspecified atom stereocenters. The van der Waals surface area contributed by atoms with E-state index < -0.39 is 10.7 Å². The van der Waals surface area contributed by atoms with Crippen molar-refractivity contribution in [2.45, 2.75) is 13.3 Å². The molecule has 15 heavy (non-hydrogen) atoms.